The van der Waals surface area contributed by atoms with Crippen molar-refractivity contribution in [2.24, 2.45) is 0 Å². The van der Waals surface area contributed by atoms with E-state index < -0.39 is 0 Å². The maximum atomic E-state index is 5.60. The van der Waals surface area contributed by atoms with Crippen LogP contribution in [0.15, 0.2) is 36.4 Å². The Labute approximate surface area is 91.0 Å². The molecule has 0 aromatic heterocycles. The van der Waals surface area contributed by atoms with Crippen LogP contribution < -0.4 is 10.1 Å². The zero-order chi connectivity index (χ0) is 10.7. The molecule has 1 unspecified atom stereocenters. The summed E-state index contributed by atoms with van der Waals surface area (Å²) in [5, 5.41) is 3.50. The molecular weight excluding hydrogens is 186 g/mol. The topological polar surface area (TPSA) is 21.3 Å². The minimum absolute atomic E-state index is 0.409. The molecule has 1 aromatic rings. The molecule has 0 amide bonds. The Morgan fingerprint density at radius 3 is 3.13 bits per heavy atom. The van der Waals surface area contributed by atoms with Crippen molar-refractivity contribution in [2.45, 2.75) is 19.4 Å². The average molecular weight is 203 g/mol. The summed E-state index contributed by atoms with van der Waals surface area (Å²) in [5.41, 5.74) is 2.43. The number of benzene rings is 1. The van der Waals surface area contributed by atoms with Crippen LogP contribution in [0.1, 0.15) is 24.9 Å². The van der Waals surface area contributed by atoms with Crippen LogP contribution in [0.2, 0.25) is 0 Å². The predicted octanol–water partition coefficient (Wildman–Crippen LogP) is 2.68. The molecule has 2 rings (SSSR count). The van der Waals surface area contributed by atoms with Crippen LogP contribution in [0.4, 0.5) is 0 Å². The lowest BCUT2D eigenvalue weighted by molar-refractivity contribution is 0.255. The molecule has 0 spiro atoms. The number of rotatable bonds is 3. The van der Waals surface area contributed by atoms with Gasteiger partial charge < -0.3 is 10.1 Å². The first kappa shape index (κ1) is 10.2. The summed E-state index contributed by atoms with van der Waals surface area (Å²) in [4.78, 5) is 0. The molecule has 15 heavy (non-hydrogen) atoms. The summed E-state index contributed by atoms with van der Waals surface area (Å²) >= 11 is 0. The van der Waals surface area contributed by atoms with Gasteiger partial charge in [-0.3, -0.25) is 0 Å². The maximum absolute atomic E-state index is 5.60. The van der Waals surface area contributed by atoms with E-state index in [0.717, 1.165) is 25.3 Å². The van der Waals surface area contributed by atoms with Gasteiger partial charge in [0.15, 0.2) is 0 Å². The third-order valence-electron chi connectivity index (χ3n) is 2.61. The maximum Gasteiger partial charge on any atom is 0.124 e. The van der Waals surface area contributed by atoms with Gasteiger partial charge in [-0.25, -0.2) is 0 Å². The van der Waals surface area contributed by atoms with Crippen molar-refractivity contribution in [1.29, 1.82) is 0 Å². The molecule has 1 N–H and O–H groups in total. The van der Waals surface area contributed by atoms with E-state index in [1.807, 2.05) is 19.1 Å². The van der Waals surface area contributed by atoms with E-state index in [-0.39, 0.29) is 0 Å². The molecular formula is C13H17NO. The zero-order valence-corrected chi connectivity index (χ0v) is 9.12. The fourth-order valence-corrected chi connectivity index (χ4v) is 1.85. The molecule has 0 fully saturated rings. The summed E-state index contributed by atoms with van der Waals surface area (Å²) in [6.07, 6.45) is 1.03. The Hall–Kier alpha value is -1.28. The highest BCUT2D eigenvalue weighted by Crippen LogP contribution is 2.31. The normalized spacial score (nSPS) is 19.1. The lowest BCUT2D eigenvalue weighted by Gasteiger charge is -2.26. The average Bonchev–Trinajstić information content (AvgIpc) is 2.26. The van der Waals surface area contributed by atoms with Crippen molar-refractivity contribution in [3.8, 4) is 5.75 Å². The first-order chi connectivity index (χ1) is 7.27. The largest absolute Gasteiger partial charge is 0.493 e. The molecule has 0 bridgehead atoms. The number of para-hydroxylation sites is 1. The van der Waals surface area contributed by atoms with Crippen molar-refractivity contribution >= 4 is 0 Å². The van der Waals surface area contributed by atoms with E-state index in [1.54, 1.807) is 0 Å². The van der Waals surface area contributed by atoms with Crippen LogP contribution in [0.3, 0.4) is 0 Å². The molecule has 1 aromatic carbocycles. The highest BCUT2D eigenvalue weighted by Gasteiger charge is 2.19. The lowest BCUT2D eigenvalue weighted by Crippen LogP contribution is -2.28. The van der Waals surface area contributed by atoms with Crippen molar-refractivity contribution in [2.75, 3.05) is 13.2 Å². The molecule has 1 aliphatic rings. The van der Waals surface area contributed by atoms with Crippen molar-refractivity contribution in [1.82, 2.24) is 5.32 Å². The smallest absolute Gasteiger partial charge is 0.124 e. The molecule has 0 saturated heterocycles. The molecule has 2 heteroatoms. The van der Waals surface area contributed by atoms with Gasteiger partial charge in [-0.1, -0.05) is 30.4 Å². The number of nitrogens with one attached hydrogen (secondary N) is 1. The van der Waals surface area contributed by atoms with Gasteiger partial charge >= 0.3 is 0 Å². The highest BCUT2D eigenvalue weighted by atomic mass is 16.5. The number of hydrogen-bond acceptors (Lipinski definition) is 2. The fourth-order valence-electron chi connectivity index (χ4n) is 1.85. The molecule has 0 aliphatic carbocycles. The monoisotopic (exact) mass is 203 g/mol. The number of ether oxygens (including phenoxy) is 1. The Morgan fingerprint density at radius 1 is 1.53 bits per heavy atom. The molecule has 1 atom stereocenters. The van der Waals surface area contributed by atoms with Gasteiger partial charge in [0.1, 0.15) is 5.75 Å². The molecule has 2 nitrogen and oxygen atoms in total. The van der Waals surface area contributed by atoms with Crippen LogP contribution in [-0.4, -0.2) is 13.2 Å². The van der Waals surface area contributed by atoms with Crippen LogP contribution in [0.25, 0.3) is 0 Å². The fraction of sp³-hybridized carbons (Fsp3) is 0.385. The first-order valence-electron chi connectivity index (χ1n) is 5.37. The van der Waals surface area contributed by atoms with E-state index in [1.165, 1.54) is 11.1 Å². The van der Waals surface area contributed by atoms with Gasteiger partial charge in [-0.15, -0.1) is 0 Å². The number of hydrogen-bond donors (Lipinski definition) is 1. The van der Waals surface area contributed by atoms with Crippen LogP contribution >= 0.6 is 0 Å². The Kier molecular flexibility index (Phi) is 3.07. The van der Waals surface area contributed by atoms with E-state index >= 15 is 0 Å². The Balaban J connectivity index is 2.11. The standard InChI is InChI=1S/C13H17NO/c1-10(2)9-14-12-7-8-15-13-6-4-3-5-11(12)13/h3-6,12,14H,1,7-9H2,2H3. The summed E-state index contributed by atoms with van der Waals surface area (Å²) in [7, 11) is 0. The van der Waals surface area contributed by atoms with Gasteiger partial charge in [0.25, 0.3) is 0 Å². The second-order valence-corrected chi connectivity index (χ2v) is 4.07. The van der Waals surface area contributed by atoms with E-state index in [0.29, 0.717) is 6.04 Å². The van der Waals surface area contributed by atoms with Crippen LogP contribution in [0, 0.1) is 0 Å². The molecule has 1 aliphatic heterocycles. The second kappa shape index (κ2) is 4.49. The van der Waals surface area contributed by atoms with Gasteiger partial charge in [0.2, 0.25) is 0 Å². The quantitative estimate of drug-likeness (QED) is 0.763. The second-order valence-electron chi connectivity index (χ2n) is 4.07. The Morgan fingerprint density at radius 2 is 2.33 bits per heavy atom. The lowest BCUT2D eigenvalue weighted by atomic mass is 10.0. The molecule has 0 radical (unpaired) electrons. The van der Waals surface area contributed by atoms with E-state index in [9.17, 15) is 0 Å². The summed E-state index contributed by atoms with van der Waals surface area (Å²) < 4.78 is 5.60. The highest BCUT2D eigenvalue weighted by molar-refractivity contribution is 5.37. The zero-order valence-electron chi connectivity index (χ0n) is 9.12. The third-order valence-corrected chi connectivity index (χ3v) is 2.61. The predicted molar refractivity (Wildman–Crippen MR) is 62.1 cm³/mol. The van der Waals surface area contributed by atoms with Gasteiger partial charge in [0, 0.05) is 24.6 Å². The SMILES string of the molecule is C=C(C)CNC1CCOc2ccccc21. The first-order valence-corrected chi connectivity index (χ1v) is 5.37. The number of fused-ring (bicyclic) bond motifs is 1. The van der Waals surface area contributed by atoms with Crippen LogP contribution in [-0.2, 0) is 0 Å². The van der Waals surface area contributed by atoms with E-state index in [2.05, 4.69) is 24.0 Å². The van der Waals surface area contributed by atoms with Crippen molar-refractivity contribution in [3.05, 3.63) is 42.0 Å². The third kappa shape index (κ3) is 2.39. The summed E-state index contributed by atoms with van der Waals surface area (Å²) in [6.45, 7) is 7.61. The molecule has 0 saturated carbocycles. The molecule has 1 heterocycles. The van der Waals surface area contributed by atoms with Crippen LogP contribution in [0.5, 0.6) is 5.75 Å². The van der Waals surface area contributed by atoms with Crippen molar-refractivity contribution < 1.29 is 4.74 Å². The van der Waals surface area contributed by atoms with Gasteiger partial charge in [-0.2, -0.15) is 0 Å². The van der Waals surface area contributed by atoms with Gasteiger partial charge in [0.05, 0.1) is 6.61 Å². The van der Waals surface area contributed by atoms with Gasteiger partial charge in [-0.05, 0) is 13.0 Å². The minimum atomic E-state index is 0.409. The summed E-state index contributed by atoms with van der Waals surface area (Å²) in [5.74, 6) is 1.02. The van der Waals surface area contributed by atoms with E-state index in [4.69, 9.17) is 4.74 Å². The minimum Gasteiger partial charge on any atom is -0.493 e. The van der Waals surface area contributed by atoms with Crippen molar-refractivity contribution in [3.63, 3.8) is 0 Å². The summed E-state index contributed by atoms with van der Waals surface area (Å²) in [6, 6.07) is 8.64. The Bertz CT molecular complexity index is 359. The molecule has 80 valence electrons.